The highest BCUT2D eigenvalue weighted by Gasteiger charge is 2.34. The molecule has 0 bridgehead atoms. The van der Waals surface area contributed by atoms with Gasteiger partial charge in [0.05, 0.1) is 26.9 Å². The minimum atomic E-state index is -0.513. The van der Waals surface area contributed by atoms with Gasteiger partial charge in [0.2, 0.25) is 11.7 Å². The van der Waals surface area contributed by atoms with Gasteiger partial charge >= 0.3 is 0 Å². The summed E-state index contributed by atoms with van der Waals surface area (Å²) in [6.07, 6.45) is 0.101. The van der Waals surface area contributed by atoms with Crippen LogP contribution in [0, 0.1) is 0 Å². The SMILES string of the molecule is CCSc1nc2c(c(=O)[nH]1)[C@@H](c1ccc(OC)c(OC)c1OC)CC(=O)N2. The third-order valence-corrected chi connectivity index (χ3v) is 5.08. The van der Waals surface area contributed by atoms with Crippen molar-refractivity contribution in [2.24, 2.45) is 0 Å². The fourth-order valence-corrected chi connectivity index (χ4v) is 3.81. The molecule has 1 aromatic carbocycles. The smallest absolute Gasteiger partial charge is 0.257 e. The fourth-order valence-electron chi connectivity index (χ4n) is 3.22. The van der Waals surface area contributed by atoms with Gasteiger partial charge in [-0.25, -0.2) is 4.98 Å². The average molecular weight is 391 g/mol. The Morgan fingerprint density at radius 2 is 1.89 bits per heavy atom. The molecule has 0 aliphatic carbocycles. The molecule has 1 aliphatic rings. The first-order valence-electron chi connectivity index (χ1n) is 8.39. The van der Waals surface area contributed by atoms with Crippen LogP contribution in [0.25, 0.3) is 0 Å². The van der Waals surface area contributed by atoms with E-state index in [1.807, 2.05) is 6.92 Å². The second kappa shape index (κ2) is 7.91. The Hall–Kier alpha value is -2.68. The maximum absolute atomic E-state index is 12.8. The van der Waals surface area contributed by atoms with Gasteiger partial charge in [0, 0.05) is 17.9 Å². The first-order valence-corrected chi connectivity index (χ1v) is 9.38. The number of nitrogens with zero attached hydrogens (tertiary/aromatic N) is 1. The van der Waals surface area contributed by atoms with E-state index in [-0.39, 0.29) is 23.7 Å². The number of nitrogens with one attached hydrogen (secondary N) is 2. The second-order valence-corrected chi connectivity index (χ2v) is 7.05. The summed E-state index contributed by atoms with van der Waals surface area (Å²) in [6.45, 7) is 1.96. The third-order valence-electron chi connectivity index (χ3n) is 4.32. The summed E-state index contributed by atoms with van der Waals surface area (Å²) in [5.74, 6) is 1.65. The number of H-pyrrole nitrogens is 1. The molecule has 144 valence electrons. The van der Waals surface area contributed by atoms with Crippen LogP contribution in [0.2, 0.25) is 0 Å². The summed E-state index contributed by atoms with van der Waals surface area (Å²) < 4.78 is 16.3. The van der Waals surface area contributed by atoms with Crippen molar-refractivity contribution >= 4 is 23.5 Å². The fraction of sp³-hybridized carbons (Fsp3) is 0.389. The number of methoxy groups -OCH3 is 3. The number of fused-ring (bicyclic) bond motifs is 1. The lowest BCUT2D eigenvalue weighted by atomic mass is 9.86. The maximum Gasteiger partial charge on any atom is 0.257 e. The van der Waals surface area contributed by atoms with Crippen LogP contribution in [0.5, 0.6) is 17.2 Å². The van der Waals surface area contributed by atoms with Crippen LogP contribution in [0.15, 0.2) is 22.1 Å². The standard InChI is InChI=1S/C18H21N3O5S/c1-5-27-18-20-16-13(17(23)21-18)10(8-12(22)19-16)9-6-7-11(24-2)15(26-4)14(9)25-3/h6-7,10H,5,8H2,1-4H3,(H2,19,20,21,22,23)/t10-/m1/s1. The van der Waals surface area contributed by atoms with E-state index in [2.05, 4.69) is 15.3 Å². The molecule has 0 saturated carbocycles. The highest BCUT2D eigenvalue weighted by atomic mass is 32.2. The molecule has 3 rings (SSSR count). The zero-order valence-corrected chi connectivity index (χ0v) is 16.4. The minimum Gasteiger partial charge on any atom is -0.493 e. The molecular weight excluding hydrogens is 370 g/mol. The zero-order chi connectivity index (χ0) is 19.6. The third kappa shape index (κ3) is 3.46. The van der Waals surface area contributed by atoms with E-state index < -0.39 is 5.92 Å². The summed E-state index contributed by atoms with van der Waals surface area (Å²) in [4.78, 5) is 32.3. The van der Waals surface area contributed by atoms with E-state index in [0.29, 0.717) is 33.5 Å². The summed E-state index contributed by atoms with van der Waals surface area (Å²) in [5, 5.41) is 3.18. The Morgan fingerprint density at radius 1 is 1.15 bits per heavy atom. The summed E-state index contributed by atoms with van der Waals surface area (Å²) in [7, 11) is 4.55. The summed E-state index contributed by atoms with van der Waals surface area (Å²) >= 11 is 1.40. The molecule has 27 heavy (non-hydrogen) atoms. The predicted octanol–water partition coefficient (Wildman–Crippen LogP) is 2.38. The minimum absolute atomic E-state index is 0.101. The van der Waals surface area contributed by atoms with Crippen LogP contribution in [-0.2, 0) is 4.79 Å². The first kappa shape index (κ1) is 19.1. The van der Waals surface area contributed by atoms with Gasteiger partial charge in [0.25, 0.3) is 5.56 Å². The number of rotatable bonds is 6. The number of thioether (sulfide) groups is 1. The van der Waals surface area contributed by atoms with E-state index in [0.717, 1.165) is 5.75 Å². The van der Waals surface area contributed by atoms with Gasteiger partial charge in [-0.3, -0.25) is 9.59 Å². The van der Waals surface area contributed by atoms with Crippen molar-refractivity contribution in [3.8, 4) is 17.2 Å². The van der Waals surface area contributed by atoms with Crippen LogP contribution in [-0.4, -0.2) is 43.0 Å². The van der Waals surface area contributed by atoms with Crippen LogP contribution >= 0.6 is 11.8 Å². The second-order valence-electron chi connectivity index (χ2n) is 5.79. The Balaban J connectivity index is 2.20. The molecule has 0 fully saturated rings. The van der Waals surface area contributed by atoms with Gasteiger partial charge in [0.15, 0.2) is 16.7 Å². The molecule has 1 amide bonds. The number of aromatic amines is 1. The molecule has 2 aromatic rings. The van der Waals surface area contributed by atoms with Crippen molar-refractivity contribution in [1.82, 2.24) is 9.97 Å². The number of carbonyl (C=O) groups is 1. The molecule has 9 heteroatoms. The van der Waals surface area contributed by atoms with E-state index in [1.165, 1.54) is 33.1 Å². The van der Waals surface area contributed by atoms with Crippen LogP contribution in [0.1, 0.15) is 30.4 Å². The number of aromatic nitrogens is 2. The Labute approximate surface area is 160 Å². The van der Waals surface area contributed by atoms with Crippen molar-refractivity contribution in [3.05, 3.63) is 33.6 Å². The summed E-state index contributed by atoms with van der Waals surface area (Å²) in [6, 6.07) is 3.51. The number of amides is 1. The number of hydrogen-bond donors (Lipinski definition) is 2. The molecule has 1 atom stereocenters. The predicted molar refractivity (Wildman–Crippen MR) is 102 cm³/mol. The number of hydrogen-bond acceptors (Lipinski definition) is 7. The monoisotopic (exact) mass is 391 g/mol. The lowest BCUT2D eigenvalue weighted by Crippen LogP contribution is -2.31. The van der Waals surface area contributed by atoms with Gasteiger partial charge < -0.3 is 24.5 Å². The van der Waals surface area contributed by atoms with E-state index in [4.69, 9.17) is 14.2 Å². The van der Waals surface area contributed by atoms with Crippen molar-refractivity contribution in [1.29, 1.82) is 0 Å². The Bertz CT molecular complexity index is 928. The van der Waals surface area contributed by atoms with Gasteiger partial charge in [-0.05, 0) is 11.8 Å². The van der Waals surface area contributed by atoms with Crippen LogP contribution < -0.4 is 25.1 Å². The van der Waals surface area contributed by atoms with Crippen LogP contribution in [0.3, 0.4) is 0 Å². The lowest BCUT2D eigenvalue weighted by Gasteiger charge is -2.26. The molecule has 0 saturated heterocycles. The molecule has 8 nitrogen and oxygen atoms in total. The topological polar surface area (TPSA) is 103 Å². The van der Waals surface area contributed by atoms with Crippen molar-refractivity contribution < 1.29 is 19.0 Å². The van der Waals surface area contributed by atoms with Crippen molar-refractivity contribution in [2.45, 2.75) is 24.4 Å². The highest BCUT2D eigenvalue weighted by molar-refractivity contribution is 7.99. The quantitative estimate of drug-likeness (QED) is 0.576. The zero-order valence-electron chi connectivity index (χ0n) is 15.5. The maximum atomic E-state index is 12.8. The van der Waals surface area contributed by atoms with Gasteiger partial charge in [-0.1, -0.05) is 24.8 Å². The van der Waals surface area contributed by atoms with Gasteiger partial charge in [0.1, 0.15) is 5.82 Å². The Morgan fingerprint density at radius 3 is 2.52 bits per heavy atom. The number of benzene rings is 1. The van der Waals surface area contributed by atoms with E-state index >= 15 is 0 Å². The van der Waals surface area contributed by atoms with Crippen LogP contribution in [0.4, 0.5) is 5.82 Å². The van der Waals surface area contributed by atoms with E-state index in [1.54, 1.807) is 12.1 Å². The summed E-state index contributed by atoms with van der Waals surface area (Å²) in [5.41, 5.74) is 0.785. The molecule has 0 radical (unpaired) electrons. The number of ether oxygens (including phenoxy) is 3. The molecule has 2 N–H and O–H groups in total. The molecular formula is C18H21N3O5S. The van der Waals surface area contributed by atoms with Gasteiger partial charge in [-0.2, -0.15) is 0 Å². The molecule has 1 aromatic heterocycles. The molecule has 1 aliphatic heterocycles. The Kier molecular flexibility index (Phi) is 5.59. The number of carbonyl (C=O) groups excluding carboxylic acids is 1. The van der Waals surface area contributed by atoms with Crippen molar-refractivity contribution in [2.75, 3.05) is 32.4 Å². The highest BCUT2D eigenvalue weighted by Crippen LogP contribution is 2.46. The lowest BCUT2D eigenvalue weighted by molar-refractivity contribution is -0.116. The molecule has 2 heterocycles. The van der Waals surface area contributed by atoms with Crippen molar-refractivity contribution in [3.63, 3.8) is 0 Å². The normalized spacial score (nSPS) is 15.7. The number of anilines is 1. The average Bonchev–Trinajstić information content (AvgIpc) is 2.65. The largest absolute Gasteiger partial charge is 0.493 e. The molecule has 0 unspecified atom stereocenters. The van der Waals surface area contributed by atoms with Gasteiger partial charge in [-0.15, -0.1) is 0 Å². The molecule has 0 spiro atoms. The van der Waals surface area contributed by atoms with E-state index in [9.17, 15) is 9.59 Å². The first-order chi connectivity index (χ1) is 13.0.